The predicted molar refractivity (Wildman–Crippen MR) is 59.2 cm³/mol. The second-order valence-corrected chi connectivity index (χ2v) is 3.41. The molecule has 15 heavy (non-hydrogen) atoms. The molecule has 0 unspecified atom stereocenters. The molecule has 0 fully saturated rings. The fourth-order valence-electron chi connectivity index (χ4n) is 1.52. The standard InChI is InChI=1S/C11H14N4/c1-12-8-10-7-11(14-15(10)2)9-3-5-13-6-4-9/h3-7,12H,8H2,1-2H3. The van der Waals surface area contributed by atoms with E-state index < -0.39 is 0 Å². The lowest BCUT2D eigenvalue weighted by Gasteiger charge is -1.97. The van der Waals surface area contributed by atoms with E-state index in [2.05, 4.69) is 21.5 Å². The van der Waals surface area contributed by atoms with Crippen LogP contribution in [-0.4, -0.2) is 21.8 Å². The lowest BCUT2D eigenvalue weighted by Crippen LogP contribution is -2.09. The summed E-state index contributed by atoms with van der Waals surface area (Å²) in [6.07, 6.45) is 3.56. The van der Waals surface area contributed by atoms with Gasteiger partial charge in [0.1, 0.15) is 0 Å². The quantitative estimate of drug-likeness (QED) is 0.813. The van der Waals surface area contributed by atoms with Crippen LogP contribution in [0.15, 0.2) is 30.6 Å². The van der Waals surface area contributed by atoms with E-state index in [1.54, 1.807) is 12.4 Å². The zero-order valence-corrected chi connectivity index (χ0v) is 8.94. The third-order valence-corrected chi connectivity index (χ3v) is 2.31. The molecule has 4 nitrogen and oxygen atoms in total. The fourth-order valence-corrected chi connectivity index (χ4v) is 1.52. The highest BCUT2D eigenvalue weighted by molar-refractivity contribution is 5.58. The summed E-state index contributed by atoms with van der Waals surface area (Å²) in [4.78, 5) is 3.99. The van der Waals surface area contributed by atoms with Crippen molar-refractivity contribution < 1.29 is 0 Å². The van der Waals surface area contributed by atoms with Gasteiger partial charge in [-0.1, -0.05) is 0 Å². The Balaban J connectivity index is 2.34. The molecule has 2 heterocycles. The summed E-state index contributed by atoms with van der Waals surface area (Å²) in [5.74, 6) is 0. The zero-order chi connectivity index (χ0) is 10.7. The molecule has 0 atom stereocenters. The van der Waals surface area contributed by atoms with Gasteiger partial charge < -0.3 is 5.32 Å². The molecule has 0 aliphatic heterocycles. The van der Waals surface area contributed by atoms with Gasteiger partial charge >= 0.3 is 0 Å². The second-order valence-electron chi connectivity index (χ2n) is 3.41. The van der Waals surface area contributed by atoms with Crippen LogP contribution in [-0.2, 0) is 13.6 Å². The van der Waals surface area contributed by atoms with Crippen molar-refractivity contribution in [3.63, 3.8) is 0 Å². The maximum absolute atomic E-state index is 4.45. The Morgan fingerprint density at radius 1 is 1.33 bits per heavy atom. The van der Waals surface area contributed by atoms with Gasteiger partial charge in [0.15, 0.2) is 0 Å². The highest BCUT2D eigenvalue weighted by Crippen LogP contribution is 2.17. The van der Waals surface area contributed by atoms with Gasteiger partial charge in [-0.25, -0.2) is 0 Å². The van der Waals surface area contributed by atoms with Gasteiger partial charge in [0.05, 0.1) is 11.4 Å². The van der Waals surface area contributed by atoms with E-state index in [9.17, 15) is 0 Å². The topological polar surface area (TPSA) is 42.7 Å². The lowest BCUT2D eigenvalue weighted by atomic mass is 10.2. The van der Waals surface area contributed by atoms with E-state index in [1.807, 2.05) is 30.9 Å². The van der Waals surface area contributed by atoms with E-state index in [0.717, 1.165) is 17.8 Å². The van der Waals surface area contributed by atoms with Gasteiger partial charge in [-0.05, 0) is 25.2 Å². The van der Waals surface area contributed by atoms with Crippen molar-refractivity contribution in [3.05, 3.63) is 36.3 Å². The molecule has 0 aliphatic rings. The van der Waals surface area contributed by atoms with Crippen LogP contribution in [0, 0.1) is 0 Å². The number of rotatable bonds is 3. The molecule has 1 N–H and O–H groups in total. The first-order valence-electron chi connectivity index (χ1n) is 4.89. The SMILES string of the molecule is CNCc1cc(-c2ccncc2)nn1C. The number of nitrogens with zero attached hydrogens (tertiary/aromatic N) is 3. The molecule has 4 heteroatoms. The number of pyridine rings is 1. The Morgan fingerprint density at radius 3 is 2.73 bits per heavy atom. The minimum atomic E-state index is 0.828. The number of nitrogens with one attached hydrogen (secondary N) is 1. The summed E-state index contributed by atoms with van der Waals surface area (Å²) < 4.78 is 1.90. The normalized spacial score (nSPS) is 10.5. The number of aromatic nitrogens is 3. The maximum Gasteiger partial charge on any atom is 0.0927 e. The van der Waals surface area contributed by atoms with E-state index in [-0.39, 0.29) is 0 Å². The Morgan fingerprint density at radius 2 is 2.07 bits per heavy atom. The summed E-state index contributed by atoms with van der Waals surface area (Å²) in [6.45, 7) is 0.828. The van der Waals surface area contributed by atoms with Crippen LogP contribution in [0.1, 0.15) is 5.69 Å². The van der Waals surface area contributed by atoms with E-state index in [0.29, 0.717) is 0 Å². The summed E-state index contributed by atoms with van der Waals surface area (Å²) in [7, 11) is 3.89. The number of hydrogen-bond acceptors (Lipinski definition) is 3. The van der Waals surface area contributed by atoms with Gasteiger partial charge in [0.2, 0.25) is 0 Å². The summed E-state index contributed by atoms with van der Waals surface area (Å²) >= 11 is 0. The molecule has 2 aromatic heterocycles. The molecule has 2 rings (SSSR count). The van der Waals surface area contributed by atoms with Crippen molar-refractivity contribution in [2.45, 2.75) is 6.54 Å². The van der Waals surface area contributed by atoms with Crippen LogP contribution in [0.3, 0.4) is 0 Å². The Bertz CT molecular complexity index is 433. The molecule has 0 bridgehead atoms. The van der Waals surface area contributed by atoms with Crippen LogP contribution in [0.4, 0.5) is 0 Å². The molecule has 2 aromatic rings. The van der Waals surface area contributed by atoms with Crippen LogP contribution >= 0.6 is 0 Å². The average molecular weight is 202 g/mol. The first-order valence-corrected chi connectivity index (χ1v) is 4.89. The Kier molecular flexibility index (Phi) is 2.78. The molecular formula is C11H14N4. The smallest absolute Gasteiger partial charge is 0.0927 e. The monoisotopic (exact) mass is 202 g/mol. The largest absolute Gasteiger partial charge is 0.314 e. The van der Waals surface area contributed by atoms with Crippen molar-refractivity contribution in [2.75, 3.05) is 7.05 Å². The van der Waals surface area contributed by atoms with Crippen LogP contribution < -0.4 is 5.32 Å². The zero-order valence-electron chi connectivity index (χ0n) is 8.94. The maximum atomic E-state index is 4.45. The Labute approximate surface area is 89.0 Å². The van der Waals surface area contributed by atoms with Crippen molar-refractivity contribution in [1.82, 2.24) is 20.1 Å². The van der Waals surface area contributed by atoms with Crippen LogP contribution in [0.25, 0.3) is 11.3 Å². The third kappa shape index (κ3) is 2.05. The van der Waals surface area contributed by atoms with E-state index in [1.165, 1.54) is 5.69 Å². The van der Waals surface area contributed by atoms with Gasteiger partial charge in [-0.2, -0.15) is 5.10 Å². The van der Waals surface area contributed by atoms with Crippen molar-refractivity contribution >= 4 is 0 Å². The molecule has 0 amide bonds. The summed E-state index contributed by atoms with van der Waals surface area (Å²) in [5, 5.41) is 7.56. The number of hydrogen-bond donors (Lipinski definition) is 1. The van der Waals surface area contributed by atoms with Gasteiger partial charge in [0, 0.05) is 31.5 Å². The Hall–Kier alpha value is -1.68. The average Bonchev–Trinajstić information content (AvgIpc) is 2.63. The van der Waals surface area contributed by atoms with E-state index >= 15 is 0 Å². The molecule has 0 spiro atoms. The molecular weight excluding hydrogens is 188 g/mol. The molecule has 0 radical (unpaired) electrons. The van der Waals surface area contributed by atoms with Crippen LogP contribution in [0.5, 0.6) is 0 Å². The third-order valence-electron chi connectivity index (χ3n) is 2.31. The summed E-state index contributed by atoms with van der Waals surface area (Å²) in [6, 6.07) is 6.02. The highest BCUT2D eigenvalue weighted by Gasteiger charge is 2.05. The van der Waals surface area contributed by atoms with Gasteiger partial charge in [0.25, 0.3) is 0 Å². The first kappa shape index (κ1) is 9.86. The van der Waals surface area contributed by atoms with Crippen molar-refractivity contribution in [1.29, 1.82) is 0 Å². The minimum absolute atomic E-state index is 0.828. The summed E-state index contributed by atoms with van der Waals surface area (Å²) in [5.41, 5.74) is 3.26. The first-order chi connectivity index (χ1) is 7.31. The minimum Gasteiger partial charge on any atom is -0.314 e. The highest BCUT2D eigenvalue weighted by atomic mass is 15.3. The predicted octanol–water partition coefficient (Wildman–Crippen LogP) is 1.20. The van der Waals surface area contributed by atoms with Crippen molar-refractivity contribution in [2.24, 2.45) is 7.05 Å². The van der Waals surface area contributed by atoms with Gasteiger partial charge in [-0.3, -0.25) is 9.67 Å². The second kappa shape index (κ2) is 4.23. The number of aryl methyl sites for hydroxylation is 1. The molecule has 0 saturated carbocycles. The lowest BCUT2D eigenvalue weighted by molar-refractivity contribution is 0.673. The molecule has 0 aliphatic carbocycles. The molecule has 0 saturated heterocycles. The van der Waals surface area contributed by atoms with Crippen LogP contribution in [0.2, 0.25) is 0 Å². The molecule has 0 aromatic carbocycles. The molecule has 78 valence electrons. The van der Waals surface area contributed by atoms with Gasteiger partial charge in [-0.15, -0.1) is 0 Å². The fraction of sp³-hybridized carbons (Fsp3) is 0.273. The van der Waals surface area contributed by atoms with Crippen molar-refractivity contribution in [3.8, 4) is 11.3 Å². The van der Waals surface area contributed by atoms with E-state index in [4.69, 9.17) is 0 Å².